The molecule has 3 saturated carbocycles. The van der Waals surface area contributed by atoms with Crippen molar-refractivity contribution in [3.63, 3.8) is 0 Å². The second-order valence-electron chi connectivity index (χ2n) is 6.72. The molecule has 2 atom stereocenters. The topological polar surface area (TPSA) is 35.5 Å². The lowest BCUT2D eigenvalue weighted by molar-refractivity contribution is 0.137. The summed E-state index contributed by atoms with van der Waals surface area (Å²) in [5.41, 5.74) is 0.0483. The fraction of sp³-hybridized carbons (Fsp3) is 1.00. The van der Waals surface area contributed by atoms with Gasteiger partial charge in [0.25, 0.3) is 0 Å². The molecule has 0 aromatic carbocycles. The van der Waals surface area contributed by atoms with Gasteiger partial charge >= 0.3 is 0 Å². The summed E-state index contributed by atoms with van der Waals surface area (Å²) in [4.78, 5) is 2.74. The van der Waals surface area contributed by atoms with Crippen LogP contribution in [0.3, 0.4) is 0 Å². The third-order valence-electron chi connectivity index (χ3n) is 4.94. The quantitative estimate of drug-likeness (QED) is 0.726. The average molecular weight is 252 g/mol. The summed E-state index contributed by atoms with van der Waals surface area (Å²) in [6.45, 7) is 3.86. The Hall–Kier alpha value is -0.120. The van der Waals surface area contributed by atoms with Crippen LogP contribution < -0.4 is 5.32 Å². The molecule has 2 N–H and O–H groups in total. The van der Waals surface area contributed by atoms with E-state index in [1.807, 2.05) is 0 Å². The summed E-state index contributed by atoms with van der Waals surface area (Å²) in [7, 11) is 0. The van der Waals surface area contributed by atoms with Crippen LogP contribution in [-0.4, -0.2) is 46.8 Å². The van der Waals surface area contributed by atoms with Gasteiger partial charge in [-0.25, -0.2) is 0 Å². The Morgan fingerprint density at radius 1 is 1.17 bits per heavy atom. The van der Waals surface area contributed by atoms with Gasteiger partial charge in [0.1, 0.15) is 0 Å². The van der Waals surface area contributed by atoms with E-state index >= 15 is 0 Å². The Balaban J connectivity index is 1.60. The van der Waals surface area contributed by atoms with E-state index < -0.39 is 0 Å². The van der Waals surface area contributed by atoms with Crippen LogP contribution in [0.25, 0.3) is 0 Å². The highest BCUT2D eigenvalue weighted by Gasteiger charge is 2.45. The normalized spacial score (nSPS) is 36.5. The molecule has 0 bridgehead atoms. The minimum atomic E-state index is 0.0483. The summed E-state index contributed by atoms with van der Waals surface area (Å²) in [6.07, 6.45) is 10.3. The lowest BCUT2D eigenvalue weighted by atomic mass is 9.98. The van der Waals surface area contributed by atoms with Gasteiger partial charge in [-0.15, -0.1) is 0 Å². The molecule has 3 rings (SSSR count). The Morgan fingerprint density at radius 2 is 1.94 bits per heavy atom. The maximum absolute atomic E-state index is 9.80. The van der Waals surface area contributed by atoms with Crippen molar-refractivity contribution >= 4 is 0 Å². The van der Waals surface area contributed by atoms with Gasteiger partial charge in [-0.1, -0.05) is 6.92 Å². The van der Waals surface area contributed by atoms with E-state index in [9.17, 15) is 5.11 Å². The third kappa shape index (κ3) is 2.73. The molecule has 0 spiro atoms. The van der Waals surface area contributed by atoms with E-state index in [0.717, 1.165) is 24.9 Å². The van der Waals surface area contributed by atoms with Crippen molar-refractivity contribution in [1.82, 2.24) is 10.2 Å². The van der Waals surface area contributed by atoms with E-state index in [4.69, 9.17) is 0 Å². The molecular weight excluding hydrogens is 224 g/mol. The summed E-state index contributed by atoms with van der Waals surface area (Å²) < 4.78 is 0. The molecule has 18 heavy (non-hydrogen) atoms. The van der Waals surface area contributed by atoms with Gasteiger partial charge in [-0.2, -0.15) is 0 Å². The van der Waals surface area contributed by atoms with Crippen LogP contribution in [0.1, 0.15) is 58.3 Å². The largest absolute Gasteiger partial charge is 0.394 e. The number of aliphatic hydroxyl groups is 1. The predicted molar refractivity (Wildman–Crippen MR) is 73.6 cm³/mol. The summed E-state index contributed by atoms with van der Waals surface area (Å²) in [5.74, 6) is 0. The minimum absolute atomic E-state index is 0.0483. The number of hydrogen-bond acceptors (Lipinski definition) is 3. The van der Waals surface area contributed by atoms with Gasteiger partial charge in [-0.3, -0.25) is 4.90 Å². The molecular formula is C15H28N2O. The lowest BCUT2D eigenvalue weighted by Crippen LogP contribution is -2.49. The number of aliphatic hydroxyl groups excluding tert-OH is 1. The second kappa shape index (κ2) is 5.10. The number of nitrogens with zero attached hydrogens (tertiary/aromatic N) is 1. The Labute approximate surface area is 111 Å². The van der Waals surface area contributed by atoms with Crippen molar-refractivity contribution in [1.29, 1.82) is 0 Å². The molecule has 3 fully saturated rings. The highest BCUT2D eigenvalue weighted by atomic mass is 16.3. The van der Waals surface area contributed by atoms with Gasteiger partial charge in [0, 0.05) is 23.7 Å². The molecule has 0 amide bonds. The summed E-state index contributed by atoms with van der Waals surface area (Å²) in [5, 5.41) is 13.5. The number of rotatable bonds is 7. The summed E-state index contributed by atoms with van der Waals surface area (Å²) in [6, 6.07) is 2.29. The van der Waals surface area contributed by atoms with Gasteiger partial charge < -0.3 is 10.4 Å². The van der Waals surface area contributed by atoms with E-state index in [0.29, 0.717) is 12.6 Å². The van der Waals surface area contributed by atoms with Crippen molar-refractivity contribution in [2.24, 2.45) is 0 Å². The molecule has 0 aromatic heterocycles. The van der Waals surface area contributed by atoms with E-state index in [2.05, 4.69) is 17.1 Å². The predicted octanol–water partition coefficient (Wildman–Crippen LogP) is 1.90. The first-order chi connectivity index (χ1) is 8.76. The zero-order chi connectivity index (χ0) is 12.6. The molecule has 3 nitrogen and oxygen atoms in total. The molecule has 104 valence electrons. The Bertz CT molecular complexity index is 288. The van der Waals surface area contributed by atoms with Crippen molar-refractivity contribution in [2.75, 3.05) is 13.2 Å². The van der Waals surface area contributed by atoms with Gasteiger partial charge in [0.15, 0.2) is 0 Å². The fourth-order valence-corrected chi connectivity index (χ4v) is 3.69. The first-order valence-electron chi connectivity index (χ1n) is 7.90. The average Bonchev–Trinajstić information content (AvgIpc) is 3.27. The highest BCUT2D eigenvalue weighted by molar-refractivity contribution is 5.04. The number of hydrogen-bond donors (Lipinski definition) is 2. The van der Waals surface area contributed by atoms with Crippen LogP contribution in [0, 0.1) is 0 Å². The van der Waals surface area contributed by atoms with Crippen LogP contribution in [0.4, 0.5) is 0 Å². The van der Waals surface area contributed by atoms with Crippen molar-refractivity contribution in [2.45, 2.75) is 82.0 Å². The van der Waals surface area contributed by atoms with Gasteiger partial charge in [-0.05, 0) is 57.9 Å². The lowest BCUT2D eigenvalue weighted by Gasteiger charge is -2.32. The first-order valence-corrected chi connectivity index (χ1v) is 7.90. The smallest absolute Gasteiger partial charge is 0.0614 e. The summed E-state index contributed by atoms with van der Waals surface area (Å²) >= 11 is 0. The highest BCUT2D eigenvalue weighted by Crippen LogP contribution is 2.40. The molecule has 0 saturated heterocycles. The maximum atomic E-state index is 9.80. The minimum Gasteiger partial charge on any atom is -0.394 e. The molecule has 3 aliphatic rings. The van der Waals surface area contributed by atoms with E-state index in [1.54, 1.807) is 0 Å². The second-order valence-corrected chi connectivity index (χ2v) is 6.72. The van der Waals surface area contributed by atoms with E-state index in [-0.39, 0.29) is 5.54 Å². The zero-order valence-corrected chi connectivity index (χ0v) is 11.7. The van der Waals surface area contributed by atoms with Gasteiger partial charge in [0.2, 0.25) is 0 Å². The molecule has 0 radical (unpaired) electrons. The number of nitrogens with one attached hydrogen (secondary N) is 1. The van der Waals surface area contributed by atoms with Crippen molar-refractivity contribution in [3.8, 4) is 0 Å². The standard InChI is InChI=1S/C15H28N2O/c1-2-9-17(13-5-6-13)14-7-8-15(10-14,11-18)16-12-3-4-12/h12-14,16,18H,2-11H2,1H3. The van der Waals surface area contributed by atoms with Crippen LogP contribution in [-0.2, 0) is 0 Å². The maximum Gasteiger partial charge on any atom is 0.0614 e. The van der Waals surface area contributed by atoms with Crippen LogP contribution in [0.2, 0.25) is 0 Å². The van der Waals surface area contributed by atoms with E-state index in [1.165, 1.54) is 45.1 Å². The van der Waals surface area contributed by atoms with Gasteiger partial charge in [0.05, 0.1) is 6.61 Å². The monoisotopic (exact) mass is 252 g/mol. The Kier molecular flexibility index (Phi) is 3.65. The Morgan fingerprint density at radius 3 is 2.50 bits per heavy atom. The van der Waals surface area contributed by atoms with Crippen LogP contribution in [0.5, 0.6) is 0 Å². The fourth-order valence-electron chi connectivity index (χ4n) is 3.69. The van der Waals surface area contributed by atoms with Crippen molar-refractivity contribution in [3.05, 3.63) is 0 Å². The van der Waals surface area contributed by atoms with Crippen molar-refractivity contribution < 1.29 is 5.11 Å². The molecule has 3 heteroatoms. The molecule has 2 unspecified atom stereocenters. The molecule has 3 aliphatic carbocycles. The molecule has 0 aliphatic heterocycles. The van der Waals surface area contributed by atoms with Crippen LogP contribution >= 0.6 is 0 Å². The third-order valence-corrected chi connectivity index (χ3v) is 4.94. The molecule has 0 aromatic rings. The van der Waals surface area contributed by atoms with Crippen LogP contribution in [0.15, 0.2) is 0 Å². The zero-order valence-electron chi connectivity index (χ0n) is 11.7. The first kappa shape index (κ1) is 12.9. The molecule has 0 heterocycles. The SMILES string of the molecule is CCCN(C1CC1)C1CCC(CO)(NC2CC2)C1.